The number of anilines is 1. The lowest BCUT2D eigenvalue weighted by Crippen LogP contribution is -2.43. The number of nitrogens with zero attached hydrogens (tertiary/aromatic N) is 2. The highest BCUT2D eigenvalue weighted by molar-refractivity contribution is 5.90. The highest BCUT2D eigenvalue weighted by Gasteiger charge is 2.13. The van der Waals surface area contributed by atoms with Gasteiger partial charge >= 0.3 is 0 Å². The molecule has 3 rings (SSSR count). The molecule has 138 valence electrons. The molecule has 0 radical (unpaired) electrons. The maximum Gasteiger partial charge on any atom is 0.224 e. The van der Waals surface area contributed by atoms with Crippen LogP contribution in [0.25, 0.3) is 0 Å². The number of benzene rings is 2. The van der Waals surface area contributed by atoms with Crippen molar-refractivity contribution in [2.45, 2.75) is 26.3 Å². The largest absolute Gasteiger partial charge is 0.326 e. The molecule has 1 N–H and O–H groups in total. The van der Waals surface area contributed by atoms with E-state index in [0.29, 0.717) is 6.42 Å². The molecular weight excluding hydrogens is 322 g/mol. The zero-order valence-electron chi connectivity index (χ0n) is 15.9. The smallest absolute Gasteiger partial charge is 0.224 e. The Morgan fingerprint density at radius 3 is 2.19 bits per heavy atom. The Balaban J connectivity index is 1.44. The second kappa shape index (κ2) is 8.97. The van der Waals surface area contributed by atoms with Crippen molar-refractivity contribution >= 4 is 11.6 Å². The third-order valence-corrected chi connectivity index (χ3v) is 5.00. The summed E-state index contributed by atoms with van der Waals surface area (Å²) in [4.78, 5) is 17.0. The molecule has 0 saturated carbocycles. The molecule has 4 heteroatoms. The quantitative estimate of drug-likeness (QED) is 0.867. The predicted molar refractivity (Wildman–Crippen MR) is 107 cm³/mol. The number of carbonyl (C=O) groups is 1. The fourth-order valence-corrected chi connectivity index (χ4v) is 3.19. The first kappa shape index (κ1) is 18.6. The van der Waals surface area contributed by atoms with Gasteiger partial charge in [0.2, 0.25) is 5.91 Å². The normalized spacial score (nSPS) is 15.8. The standard InChI is InChI=1S/C22H29N3O/c1-18-3-5-19(6-4-18)9-12-22(26)23-21-10-7-20(8-11-21)17-25-15-13-24(2)14-16-25/h3-8,10-11H,9,12-17H2,1-2H3,(H,23,26). The Bertz CT molecular complexity index is 701. The predicted octanol–water partition coefficient (Wildman–Crippen LogP) is 3.31. The van der Waals surface area contributed by atoms with Crippen LogP contribution in [0.4, 0.5) is 5.69 Å². The van der Waals surface area contributed by atoms with Gasteiger partial charge in [-0.3, -0.25) is 9.69 Å². The minimum Gasteiger partial charge on any atom is -0.326 e. The van der Waals surface area contributed by atoms with Gasteiger partial charge in [0.1, 0.15) is 0 Å². The first-order valence-electron chi connectivity index (χ1n) is 9.44. The molecule has 0 bridgehead atoms. The van der Waals surface area contributed by atoms with Crippen LogP contribution in [0, 0.1) is 6.92 Å². The number of rotatable bonds is 6. The molecule has 4 nitrogen and oxygen atoms in total. The Kier molecular flexibility index (Phi) is 6.42. The summed E-state index contributed by atoms with van der Waals surface area (Å²) in [5, 5.41) is 3.00. The van der Waals surface area contributed by atoms with E-state index in [4.69, 9.17) is 0 Å². The first-order valence-corrected chi connectivity index (χ1v) is 9.44. The fourth-order valence-electron chi connectivity index (χ4n) is 3.19. The van der Waals surface area contributed by atoms with Crippen molar-refractivity contribution in [3.63, 3.8) is 0 Å². The van der Waals surface area contributed by atoms with Crippen LogP contribution in [-0.4, -0.2) is 48.9 Å². The molecule has 26 heavy (non-hydrogen) atoms. The van der Waals surface area contributed by atoms with Gasteiger partial charge in [-0.15, -0.1) is 0 Å². The number of carbonyl (C=O) groups excluding carboxylic acids is 1. The van der Waals surface area contributed by atoms with Crippen LogP contribution in [0.1, 0.15) is 23.1 Å². The van der Waals surface area contributed by atoms with E-state index >= 15 is 0 Å². The van der Waals surface area contributed by atoms with Gasteiger partial charge in [-0.05, 0) is 43.7 Å². The lowest BCUT2D eigenvalue weighted by atomic mass is 10.1. The average Bonchev–Trinajstić information content (AvgIpc) is 2.65. The lowest BCUT2D eigenvalue weighted by molar-refractivity contribution is -0.116. The van der Waals surface area contributed by atoms with Crippen molar-refractivity contribution in [3.8, 4) is 0 Å². The van der Waals surface area contributed by atoms with E-state index in [9.17, 15) is 4.79 Å². The monoisotopic (exact) mass is 351 g/mol. The SMILES string of the molecule is Cc1ccc(CCC(=O)Nc2ccc(CN3CCN(C)CC3)cc2)cc1. The summed E-state index contributed by atoms with van der Waals surface area (Å²) in [7, 11) is 2.17. The van der Waals surface area contributed by atoms with Gasteiger partial charge in [0.15, 0.2) is 0 Å². The zero-order chi connectivity index (χ0) is 18.4. The summed E-state index contributed by atoms with van der Waals surface area (Å²) >= 11 is 0. The van der Waals surface area contributed by atoms with Gasteiger partial charge in [-0.1, -0.05) is 42.0 Å². The number of hydrogen-bond acceptors (Lipinski definition) is 3. The van der Waals surface area contributed by atoms with Crippen LogP contribution in [0.3, 0.4) is 0 Å². The second-order valence-corrected chi connectivity index (χ2v) is 7.31. The number of amides is 1. The molecule has 1 aliphatic heterocycles. The van der Waals surface area contributed by atoms with Crippen LogP contribution in [0.5, 0.6) is 0 Å². The Hall–Kier alpha value is -2.17. The van der Waals surface area contributed by atoms with Crippen molar-refractivity contribution < 1.29 is 4.79 Å². The number of aryl methyl sites for hydroxylation is 2. The molecule has 1 saturated heterocycles. The molecular formula is C22H29N3O. The Morgan fingerprint density at radius 1 is 0.923 bits per heavy atom. The lowest BCUT2D eigenvalue weighted by Gasteiger charge is -2.32. The maximum atomic E-state index is 12.2. The molecule has 0 spiro atoms. The number of piperazine rings is 1. The van der Waals surface area contributed by atoms with E-state index in [2.05, 4.69) is 65.5 Å². The van der Waals surface area contributed by atoms with Gasteiger partial charge in [0, 0.05) is 44.8 Å². The van der Waals surface area contributed by atoms with Gasteiger partial charge in [-0.2, -0.15) is 0 Å². The van der Waals surface area contributed by atoms with Crippen molar-refractivity contribution in [1.82, 2.24) is 9.80 Å². The van der Waals surface area contributed by atoms with Crippen LogP contribution in [0.15, 0.2) is 48.5 Å². The summed E-state index contributed by atoms with van der Waals surface area (Å²) < 4.78 is 0. The summed E-state index contributed by atoms with van der Waals surface area (Å²) in [6.07, 6.45) is 1.28. The van der Waals surface area contributed by atoms with Crippen LogP contribution in [0.2, 0.25) is 0 Å². The molecule has 2 aromatic rings. The molecule has 2 aromatic carbocycles. The van der Waals surface area contributed by atoms with Gasteiger partial charge < -0.3 is 10.2 Å². The zero-order valence-corrected chi connectivity index (χ0v) is 15.9. The van der Waals surface area contributed by atoms with Crippen LogP contribution >= 0.6 is 0 Å². The second-order valence-electron chi connectivity index (χ2n) is 7.31. The summed E-state index contributed by atoms with van der Waals surface area (Å²) in [6.45, 7) is 7.56. The number of likely N-dealkylation sites (N-methyl/N-ethyl adjacent to an activating group) is 1. The molecule has 0 atom stereocenters. The molecule has 0 aromatic heterocycles. The first-order chi connectivity index (χ1) is 12.6. The molecule has 1 heterocycles. The minimum absolute atomic E-state index is 0.0670. The highest BCUT2D eigenvalue weighted by Crippen LogP contribution is 2.14. The van der Waals surface area contributed by atoms with Gasteiger partial charge in [-0.25, -0.2) is 0 Å². The highest BCUT2D eigenvalue weighted by atomic mass is 16.1. The van der Waals surface area contributed by atoms with Crippen molar-refractivity contribution in [2.24, 2.45) is 0 Å². The molecule has 1 fully saturated rings. The molecule has 1 aliphatic rings. The van der Waals surface area contributed by atoms with Gasteiger partial charge in [0.05, 0.1) is 0 Å². The Labute approximate surface area is 156 Å². The third kappa shape index (κ3) is 5.68. The summed E-state index contributed by atoms with van der Waals surface area (Å²) in [5.41, 5.74) is 4.62. The van der Waals surface area contributed by atoms with Crippen molar-refractivity contribution in [3.05, 3.63) is 65.2 Å². The minimum atomic E-state index is 0.0670. The summed E-state index contributed by atoms with van der Waals surface area (Å²) in [5.74, 6) is 0.0670. The topological polar surface area (TPSA) is 35.6 Å². The molecule has 0 aliphatic carbocycles. The van der Waals surface area contributed by atoms with E-state index in [-0.39, 0.29) is 5.91 Å². The van der Waals surface area contributed by atoms with E-state index in [1.54, 1.807) is 0 Å². The average molecular weight is 351 g/mol. The van der Waals surface area contributed by atoms with E-state index in [1.165, 1.54) is 16.7 Å². The number of nitrogens with one attached hydrogen (secondary N) is 1. The Morgan fingerprint density at radius 2 is 1.54 bits per heavy atom. The van der Waals surface area contributed by atoms with Crippen molar-refractivity contribution in [1.29, 1.82) is 0 Å². The van der Waals surface area contributed by atoms with E-state index in [0.717, 1.165) is 44.8 Å². The molecule has 1 amide bonds. The van der Waals surface area contributed by atoms with Crippen LogP contribution in [-0.2, 0) is 17.8 Å². The maximum absolute atomic E-state index is 12.2. The number of hydrogen-bond donors (Lipinski definition) is 1. The molecule has 0 unspecified atom stereocenters. The van der Waals surface area contributed by atoms with Crippen LogP contribution < -0.4 is 5.32 Å². The van der Waals surface area contributed by atoms with E-state index < -0.39 is 0 Å². The van der Waals surface area contributed by atoms with Gasteiger partial charge in [0.25, 0.3) is 0 Å². The third-order valence-electron chi connectivity index (χ3n) is 5.00. The van der Waals surface area contributed by atoms with E-state index in [1.807, 2.05) is 12.1 Å². The van der Waals surface area contributed by atoms with Crippen molar-refractivity contribution in [2.75, 3.05) is 38.5 Å². The fraction of sp³-hybridized carbons (Fsp3) is 0.409. The summed E-state index contributed by atoms with van der Waals surface area (Å²) in [6, 6.07) is 16.6.